The van der Waals surface area contributed by atoms with Gasteiger partial charge in [-0.2, -0.15) is 10.1 Å². The number of amides is 1. The Morgan fingerprint density at radius 3 is 2.38 bits per heavy atom. The SMILES string of the molecule is CCCC(=O)N1N=C(c2ccc(Br)cc2)Sc2c1ncn2C(=O)CCC. The van der Waals surface area contributed by atoms with E-state index in [1.807, 2.05) is 38.1 Å². The van der Waals surface area contributed by atoms with Gasteiger partial charge in [0.2, 0.25) is 11.8 Å². The second-order valence-electron chi connectivity index (χ2n) is 5.86. The minimum Gasteiger partial charge on any atom is -0.274 e. The molecule has 0 atom stereocenters. The second kappa shape index (κ2) is 8.18. The molecule has 0 unspecified atom stereocenters. The number of imidazole rings is 1. The minimum atomic E-state index is -0.128. The topological polar surface area (TPSA) is 67.6 Å². The molecule has 136 valence electrons. The highest BCUT2D eigenvalue weighted by molar-refractivity contribution is 9.10. The van der Waals surface area contributed by atoms with Crippen molar-refractivity contribution in [3.05, 3.63) is 40.6 Å². The van der Waals surface area contributed by atoms with Crippen molar-refractivity contribution in [1.82, 2.24) is 9.55 Å². The van der Waals surface area contributed by atoms with Crippen LogP contribution in [-0.4, -0.2) is 26.4 Å². The predicted octanol–water partition coefficient (Wildman–Crippen LogP) is 4.69. The molecule has 0 aliphatic carbocycles. The molecule has 1 aromatic heterocycles. The Labute approximate surface area is 164 Å². The fourth-order valence-electron chi connectivity index (χ4n) is 2.53. The highest BCUT2D eigenvalue weighted by Gasteiger charge is 2.31. The monoisotopic (exact) mass is 434 g/mol. The summed E-state index contributed by atoms with van der Waals surface area (Å²) >= 11 is 4.79. The minimum absolute atomic E-state index is 0.0336. The summed E-state index contributed by atoms with van der Waals surface area (Å²) in [6, 6.07) is 7.70. The molecule has 0 radical (unpaired) electrons. The summed E-state index contributed by atoms with van der Waals surface area (Å²) in [5, 5.41) is 7.16. The van der Waals surface area contributed by atoms with E-state index in [1.54, 1.807) is 0 Å². The van der Waals surface area contributed by atoms with Crippen LogP contribution in [0.5, 0.6) is 0 Å². The van der Waals surface area contributed by atoms with Crippen molar-refractivity contribution in [3.63, 3.8) is 0 Å². The lowest BCUT2D eigenvalue weighted by Crippen LogP contribution is -2.30. The van der Waals surface area contributed by atoms with E-state index in [9.17, 15) is 9.59 Å². The van der Waals surface area contributed by atoms with Crippen LogP contribution in [0.2, 0.25) is 0 Å². The highest BCUT2D eigenvalue weighted by atomic mass is 79.9. The zero-order chi connectivity index (χ0) is 18.7. The number of thioether (sulfide) groups is 1. The van der Waals surface area contributed by atoms with E-state index in [0.29, 0.717) is 28.7 Å². The third kappa shape index (κ3) is 3.76. The normalized spacial score (nSPS) is 13.3. The van der Waals surface area contributed by atoms with Gasteiger partial charge >= 0.3 is 0 Å². The number of aromatic nitrogens is 2. The van der Waals surface area contributed by atoms with Gasteiger partial charge in [0, 0.05) is 22.9 Å². The van der Waals surface area contributed by atoms with Crippen molar-refractivity contribution in [2.45, 2.75) is 44.6 Å². The third-order valence-electron chi connectivity index (χ3n) is 3.81. The van der Waals surface area contributed by atoms with Gasteiger partial charge in [0.1, 0.15) is 16.4 Å². The van der Waals surface area contributed by atoms with E-state index in [4.69, 9.17) is 0 Å². The van der Waals surface area contributed by atoms with Crippen molar-refractivity contribution in [2.75, 3.05) is 5.01 Å². The maximum absolute atomic E-state index is 12.6. The molecule has 6 nitrogen and oxygen atoms in total. The van der Waals surface area contributed by atoms with E-state index < -0.39 is 0 Å². The van der Waals surface area contributed by atoms with Gasteiger partial charge in [-0.1, -0.05) is 41.9 Å². The first kappa shape index (κ1) is 18.8. The summed E-state index contributed by atoms with van der Waals surface area (Å²) in [7, 11) is 0. The number of rotatable bonds is 5. The van der Waals surface area contributed by atoms with Gasteiger partial charge < -0.3 is 0 Å². The van der Waals surface area contributed by atoms with E-state index in [-0.39, 0.29) is 11.8 Å². The van der Waals surface area contributed by atoms with E-state index in [0.717, 1.165) is 22.9 Å². The van der Waals surface area contributed by atoms with Crippen LogP contribution in [-0.2, 0) is 4.79 Å². The van der Waals surface area contributed by atoms with Gasteiger partial charge in [-0.05, 0) is 36.7 Å². The number of fused-ring (bicyclic) bond motifs is 1. The van der Waals surface area contributed by atoms with Crippen molar-refractivity contribution in [2.24, 2.45) is 5.10 Å². The zero-order valence-electron chi connectivity index (χ0n) is 14.6. The standard InChI is InChI=1S/C18H19BrN4O2S/c1-3-5-14(24)22-11-20-16-18(22)26-17(12-7-9-13(19)10-8-12)21-23(16)15(25)6-4-2/h7-11H,3-6H2,1-2H3. The molecule has 1 amide bonds. The van der Waals surface area contributed by atoms with Crippen LogP contribution in [0.15, 0.2) is 45.2 Å². The number of hydrazone groups is 1. The fourth-order valence-corrected chi connectivity index (χ4v) is 3.83. The quantitative estimate of drug-likeness (QED) is 0.684. The summed E-state index contributed by atoms with van der Waals surface area (Å²) < 4.78 is 2.49. The molecule has 0 spiro atoms. The molecule has 1 aromatic carbocycles. The van der Waals surface area contributed by atoms with Crippen molar-refractivity contribution in [1.29, 1.82) is 0 Å². The molecule has 8 heteroatoms. The van der Waals surface area contributed by atoms with Crippen LogP contribution in [0.1, 0.15) is 49.9 Å². The van der Waals surface area contributed by atoms with Gasteiger partial charge in [-0.25, -0.2) is 4.98 Å². The molecule has 26 heavy (non-hydrogen) atoms. The van der Waals surface area contributed by atoms with Gasteiger partial charge in [0.05, 0.1) is 0 Å². The lowest BCUT2D eigenvalue weighted by Gasteiger charge is -2.23. The van der Waals surface area contributed by atoms with Crippen LogP contribution in [0, 0.1) is 0 Å². The van der Waals surface area contributed by atoms with Crippen molar-refractivity contribution < 1.29 is 9.59 Å². The molecule has 0 bridgehead atoms. The fraction of sp³-hybridized carbons (Fsp3) is 0.333. The lowest BCUT2D eigenvalue weighted by molar-refractivity contribution is -0.118. The molecular weight excluding hydrogens is 416 g/mol. The van der Waals surface area contributed by atoms with Gasteiger partial charge in [-0.3, -0.25) is 14.2 Å². The largest absolute Gasteiger partial charge is 0.274 e. The first-order valence-electron chi connectivity index (χ1n) is 8.51. The maximum Gasteiger partial charge on any atom is 0.248 e. The number of hydrogen-bond donors (Lipinski definition) is 0. The summed E-state index contributed by atoms with van der Waals surface area (Å²) in [5.74, 6) is 0.268. The Kier molecular flexibility index (Phi) is 5.93. The Bertz CT molecular complexity index is 861. The summed E-state index contributed by atoms with van der Waals surface area (Å²) in [5.41, 5.74) is 0.883. The molecule has 1 aliphatic rings. The lowest BCUT2D eigenvalue weighted by atomic mass is 10.2. The van der Waals surface area contributed by atoms with Gasteiger partial charge in [-0.15, -0.1) is 0 Å². The molecule has 1 aliphatic heterocycles. The molecule has 0 fully saturated rings. The third-order valence-corrected chi connectivity index (χ3v) is 5.43. The van der Waals surface area contributed by atoms with Crippen molar-refractivity contribution >= 4 is 50.4 Å². The highest BCUT2D eigenvalue weighted by Crippen LogP contribution is 2.37. The maximum atomic E-state index is 12.6. The number of carbonyl (C=O) groups excluding carboxylic acids is 2. The van der Waals surface area contributed by atoms with Gasteiger partial charge in [0.15, 0.2) is 5.82 Å². The zero-order valence-corrected chi connectivity index (χ0v) is 17.0. The Morgan fingerprint density at radius 1 is 1.08 bits per heavy atom. The molecule has 0 saturated carbocycles. The van der Waals surface area contributed by atoms with E-state index in [2.05, 4.69) is 26.0 Å². The number of halogens is 1. The molecule has 3 rings (SSSR count). The van der Waals surface area contributed by atoms with Crippen LogP contribution in [0.4, 0.5) is 5.82 Å². The molecule has 0 N–H and O–H groups in total. The number of anilines is 1. The van der Waals surface area contributed by atoms with E-state index >= 15 is 0 Å². The molecule has 2 heterocycles. The van der Waals surface area contributed by atoms with Crippen LogP contribution < -0.4 is 5.01 Å². The predicted molar refractivity (Wildman–Crippen MR) is 107 cm³/mol. The first-order chi connectivity index (χ1) is 12.5. The Morgan fingerprint density at radius 2 is 1.73 bits per heavy atom. The summed E-state index contributed by atoms with van der Waals surface area (Å²) in [6.07, 6.45) is 3.76. The number of hydrogen-bond acceptors (Lipinski definition) is 5. The molecule has 0 saturated heterocycles. The average Bonchev–Trinajstić information content (AvgIpc) is 3.06. The van der Waals surface area contributed by atoms with E-state index in [1.165, 1.54) is 27.7 Å². The average molecular weight is 435 g/mol. The smallest absolute Gasteiger partial charge is 0.248 e. The summed E-state index contributed by atoms with van der Waals surface area (Å²) in [6.45, 7) is 3.90. The summed E-state index contributed by atoms with van der Waals surface area (Å²) in [4.78, 5) is 29.3. The number of nitrogens with zero attached hydrogens (tertiary/aromatic N) is 4. The van der Waals surface area contributed by atoms with Gasteiger partial charge in [0.25, 0.3) is 0 Å². The molecule has 2 aromatic rings. The first-order valence-corrected chi connectivity index (χ1v) is 10.1. The van der Waals surface area contributed by atoms with Crippen LogP contribution >= 0.6 is 27.7 Å². The van der Waals surface area contributed by atoms with Crippen LogP contribution in [0.25, 0.3) is 0 Å². The Hall–Kier alpha value is -1.93. The van der Waals surface area contributed by atoms with Crippen LogP contribution in [0.3, 0.4) is 0 Å². The Balaban J connectivity index is 2.04. The number of carbonyl (C=O) groups is 2. The van der Waals surface area contributed by atoms with Crippen molar-refractivity contribution in [3.8, 4) is 0 Å². The second-order valence-corrected chi connectivity index (χ2v) is 7.75. The molecular formula is C18H19BrN4O2S. The number of benzene rings is 1.